The number of aliphatic hydroxyl groups excluding tert-OH is 1. The predicted octanol–water partition coefficient (Wildman–Crippen LogP) is 5.61. The van der Waals surface area contributed by atoms with E-state index in [1.54, 1.807) is 23.1 Å². The number of nitrogens with one attached hydrogen (secondary N) is 2. The molecule has 0 bridgehead atoms. The summed E-state index contributed by atoms with van der Waals surface area (Å²) in [7, 11) is 0. The van der Waals surface area contributed by atoms with Crippen LogP contribution >= 0.6 is 0 Å². The maximum Gasteiger partial charge on any atom is 0.253 e. The normalized spacial score (nSPS) is 15.0. The van der Waals surface area contributed by atoms with Crippen molar-refractivity contribution in [2.24, 2.45) is 11.8 Å². The van der Waals surface area contributed by atoms with Crippen molar-refractivity contribution in [2.45, 2.75) is 84.7 Å². The molecular weight excluding hydrogens is 564 g/mol. The smallest absolute Gasteiger partial charge is 0.253 e. The van der Waals surface area contributed by atoms with E-state index in [4.69, 9.17) is 0 Å². The summed E-state index contributed by atoms with van der Waals surface area (Å²) in [5.74, 6) is -2.06. The molecule has 0 aliphatic carbocycles. The molecule has 1 saturated heterocycles. The first kappa shape index (κ1) is 35.3. The maximum atomic E-state index is 14.0. The molecule has 0 aromatic heterocycles. The highest BCUT2D eigenvalue weighted by molar-refractivity contribution is 6.01. The molecule has 2 atom stereocenters. The first-order valence-electron chi connectivity index (χ1n) is 16.1. The van der Waals surface area contributed by atoms with Crippen molar-refractivity contribution in [3.8, 4) is 0 Å². The summed E-state index contributed by atoms with van der Waals surface area (Å²) < 4.78 is 28.0. The number of aryl methyl sites for hydroxylation is 1. The molecule has 0 unspecified atom stereocenters. The van der Waals surface area contributed by atoms with E-state index in [-0.39, 0.29) is 43.4 Å². The minimum atomic E-state index is -1.01. The summed E-state index contributed by atoms with van der Waals surface area (Å²) in [5, 5.41) is 17.4. The minimum absolute atomic E-state index is 0.0730. The van der Waals surface area contributed by atoms with Crippen molar-refractivity contribution in [3.63, 3.8) is 0 Å². The molecule has 44 heavy (non-hydrogen) atoms. The lowest BCUT2D eigenvalue weighted by Gasteiger charge is -2.24. The topological polar surface area (TPSA) is 98.7 Å². The van der Waals surface area contributed by atoms with Crippen LogP contribution < -0.4 is 10.6 Å². The van der Waals surface area contributed by atoms with Crippen molar-refractivity contribution in [2.75, 3.05) is 32.7 Å². The number of Topliss-reactive ketones (excluding diaryl/α,β-unsaturated/α-hetero) is 1. The van der Waals surface area contributed by atoms with E-state index >= 15 is 0 Å². The highest BCUT2D eigenvalue weighted by Crippen LogP contribution is 2.24. The third-order valence-electron chi connectivity index (χ3n) is 8.33. The molecule has 2 aromatic rings. The zero-order valence-corrected chi connectivity index (χ0v) is 26.5. The van der Waals surface area contributed by atoms with Gasteiger partial charge in [0.05, 0.1) is 6.10 Å². The minimum Gasteiger partial charge on any atom is -0.393 e. The first-order chi connectivity index (χ1) is 21.1. The highest BCUT2D eigenvalue weighted by Gasteiger charge is 2.25. The Labute approximate surface area is 260 Å². The van der Waals surface area contributed by atoms with Crippen LogP contribution in [0.15, 0.2) is 36.4 Å². The molecule has 2 aromatic carbocycles. The third kappa shape index (κ3) is 11.4. The van der Waals surface area contributed by atoms with Gasteiger partial charge in [0.15, 0.2) is 5.78 Å². The number of benzene rings is 2. The van der Waals surface area contributed by atoms with Crippen molar-refractivity contribution in [1.29, 1.82) is 0 Å². The van der Waals surface area contributed by atoms with E-state index in [0.29, 0.717) is 42.1 Å². The molecule has 1 heterocycles. The second-order valence-corrected chi connectivity index (χ2v) is 12.2. The highest BCUT2D eigenvalue weighted by atomic mass is 19.1. The molecule has 9 heteroatoms. The molecule has 1 fully saturated rings. The number of carbonyl (C=O) groups excluding carboxylic acids is 3. The van der Waals surface area contributed by atoms with Crippen LogP contribution in [-0.2, 0) is 11.2 Å². The van der Waals surface area contributed by atoms with E-state index in [0.717, 1.165) is 56.8 Å². The fraction of sp³-hybridized carbons (Fsp3) is 0.571. The van der Waals surface area contributed by atoms with Gasteiger partial charge in [-0.3, -0.25) is 14.4 Å². The molecule has 242 valence electrons. The second-order valence-electron chi connectivity index (χ2n) is 12.2. The number of ketones is 1. The van der Waals surface area contributed by atoms with Crippen LogP contribution in [0.4, 0.5) is 8.78 Å². The Morgan fingerprint density at radius 2 is 1.61 bits per heavy atom. The number of aliphatic hydroxyl groups is 1. The van der Waals surface area contributed by atoms with Gasteiger partial charge in [-0.1, -0.05) is 13.8 Å². The average Bonchev–Trinajstić information content (AvgIpc) is 2.99. The lowest BCUT2D eigenvalue weighted by Crippen LogP contribution is -2.33. The summed E-state index contributed by atoms with van der Waals surface area (Å²) in [6.07, 6.45) is 4.19. The number of piperidine rings is 1. The molecule has 0 radical (unpaired) electrons. The van der Waals surface area contributed by atoms with Crippen LogP contribution in [0.25, 0.3) is 0 Å². The lowest BCUT2D eigenvalue weighted by molar-refractivity contribution is -0.121. The number of hydrogen-bond donors (Lipinski definition) is 3. The Hall–Kier alpha value is -3.17. The summed E-state index contributed by atoms with van der Waals surface area (Å²) in [6, 6.07) is 8.28. The van der Waals surface area contributed by atoms with Gasteiger partial charge < -0.3 is 20.6 Å². The third-order valence-corrected chi connectivity index (χ3v) is 8.33. The number of hydrogen-bond acceptors (Lipinski definition) is 5. The molecule has 3 N–H and O–H groups in total. The first-order valence-corrected chi connectivity index (χ1v) is 16.1. The Balaban J connectivity index is 1.70. The fourth-order valence-corrected chi connectivity index (χ4v) is 6.03. The molecule has 2 amide bonds. The molecular formula is C35H49F2N3O4. The Morgan fingerprint density at radius 1 is 0.977 bits per heavy atom. The fourth-order valence-electron chi connectivity index (χ4n) is 6.03. The Kier molecular flexibility index (Phi) is 14.4. The quantitative estimate of drug-likeness (QED) is 0.202. The van der Waals surface area contributed by atoms with Crippen LogP contribution in [0.1, 0.15) is 97.1 Å². The van der Waals surface area contributed by atoms with Crippen molar-refractivity contribution in [3.05, 3.63) is 70.3 Å². The molecule has 7 nitrogen and oxygen atoms in total. The Bertz CT molecular complexity index is 1220. The van der Waals surface area contributed by atoms with Crippen molar-refractivity contribution >= 4 is 17.6 Å². The number of nitrogens with zero attached hydrogens (tertiary/aromatic N) is 1. The second kappa shape index (κ2) is 18.0. The molecule has 3 rings (SSSR count). The predicted molar refractivity (Wildman–Crippen MR) is 169 cm³/mol. The number of halogens is 2. The Morgan fingerprint density at radius 3 is 2.25 bits per heavy atom. The van der Waals surface area contributed by atoms with Gasteiger partial charge in [-0.2, -0.15) is 0 Å². The molecule has 1 aliphatic heterocycles. The summed E-state index contributed by atoms with van der Waals surface area (Å²) in [5.41, 5.74) is 1.89. The van der Waals surface area contributed by atoms with Gasteiger partial charge >= 0.3 is 0 Å². The maximum absolute atomic E-state index is 14.0. The van der Waals surface area contributed by atoms with Crippen LogP contribution in [-0.4, -0.2) is 66.4 Å². The van der Waals surface area contributed by atoms with E-state index in [1.165, 1.54) is 12.1 Å². The van der Waals surface area contributed by atoms with Gasteiger partial charge in [0.2, 0.25) is 5.91 Å². The van der Waals surface area contributed by atoms with Crippen LogP contribution in [0.3, 0.4) is 0 Å². The van der Waals surface area contributed by atoms with Gasteiger partial charge in [0, 0.05) is 49.7 Å². The average molecular weight is 614 g/mol. The van der Waals surface area contributed by atoms with Crippen molar-refractivity contribution in [1.82, 2.24) is 15.5 Å². The van der Waals surface area contributed by atoms with E-state index in [2.05, 4.69) is 10.6 Å². The van der Waals surface area contributed by atoms with E-state index in [1.807, 2.05) is 20.8 Å². The molecule has 0 saturated carbocycles. The monoisotopic (exact) mass is 613 g/mol. The van der Waals surface area contributed by atoms with Gasteiger partial charge in [-0.25, -0.2) is 8.78 Å². The number of amides is 2. The largest absolute Gasteiger partial charge is 0.393 e. The SMILES string of the molecule is CCCN(CCC)C(=O)c1cc(C)cc(C(=O)C[C@@H](Cc2cc(F)cc(F)c2)[C@@H](O)CCNC(=O)CCC2CCNCC2)c1. The van der Waals surface area contributed by atoms with Crippen LogP contribution in [0.2, 0.25) is 0 Å². The molecule has 1 aliphatic rings. The van der Waals surface area contributed by atoms with Gasteiger partial charge in [-0.05, 0) is 118 Å². The summed E-state index contributed by atoms with van der Waals surface area (Å²) >= 11 is 0. The van der Waals surface area contributed by atoms with Gasteiger partial charge in [0.1, 0.15) is 11.6 Å². The van der Waals surface area contributed by atoms with Crippen LogP contribution in [0, 0.1) is 30.4 Å². The molecule has 0 spiro atoms. The summed E-state index contributed by atoms with van der Waals surface area (Å²) in [6.45, 7) is 9.27. The number of carbonyl (C=O) groups is 3. The van der Waals surface area contributed by atoms with Crippen LogP contribution in [0.5, 0.6) is 0 Å². The van der Waals surface area contributed by atoms with E-state index < -0.39 is 23.7 Å². The van der Waals surface area contributed by atoms with Gasteiger partial charge in [0.25, 0.3) is 5.91 Å². The number of rotatable bonds is 17. The standard InChI is InChI=1S/C35H49F2N3O4/c1-4-14-40(15-5-2)35(44)29-17-24(3)16-27(21-29)33(42)22-28(18-26-19-30(36)23-31(37)20-26)32(41)10-13-39-34(43)7-6-25-8-11-38-12-9-25/h16-17,19-21,23,25,28,32,38,41H,4-15,18,22H2,1-3H3,(H,39,43)/t28-,32+/m1/s1. The van der Waals surface area contributed by atoms with E-state index in [9.17, 15) is 28.3 Å². The summed E-state index contributed by atoms with van der Waals surface area (Å²) in [4.78, 5) is 41.1. The van der Waals surface area contributed by atoms with Crippen molar-refractivity contribution < 1.29 is 28.3 Å². The zero-order valence-electron chi connectivity index (χ0n) is 26.5. The zero-order chi connectivity index (χ0) is 32.1. The van der Waals surface area contributed by atoms with Gasteiger partial charge in [-0.15, -0.1) is 0 Å². The lowest BCUT2D eigenvalue weighted by atomic mass is 9.86.